The number of carboxylic acids is 1. The van der Waals surface area contributed by atoms with E-state index in [4.69, 9.17) is 0 Å². The Morgan fingerprint density at radius 3 is 2.55 bits per heavy atom. The van der Waals surface area contributed by atoms with Crippen molar-refractivity contribution in [1.82, 2.24) is 10.2 Å². The van der Waals surface area contributed by atoms with Crippen LogP contribution in [0.2, 0.25) is 0 Å². The van der Waals surface area contributed by atoms with Gasteiger partial charge in [0, 0.05) is 19.6 Å². The van der Waals surface area contributed by atoms with Gasteiger partial charge < -0.3 is 15.3 Å². The Bertz CT molecular complexity index is 396. The van der Waals surface area contributed by atoms with E-state index >= 15 is 0 Å². The van der Waals surface area contributed by atoms with Crippen LogP contribution in [-0.2, 0) is 4.79 Å². The van der Waals surface area contributed by atoms with Gasteiger partial charge in [0.25, 0.3) is 0 Å². The number of aliphatic carboxylic acids is 1. The Kier molecular flexibility index (Phi) is 5.60. The Morgan fingerprint density at radius 1 is 1.45 bits per heavy atom. The SMILES string of the molecule is CC1=CCN(C(=O)NCC(CC(C)(C)C)C(=O)O)CC1. The molecule has 0 bridgehead atoms. The second kappa shape index (κ2) is 6.77. The van der Waals surface area contributed by atoms with E-state index in [-0.39, 0.29) is 18.0 Å². The van der Waals surface area contributed by atoms with Gasteiger partial charge in [0.2, 0.25) is 0 Å². The highest BCUT2D eigenvalue weighted by atomic mass is 16.4. The first kappa shape index (κ1) is 16.5. The van der Waals surface area contributed by atoms with Gasteiger partial charge in [-0.05, 0) is 25.2 Å². The number of urea groups is 1. The van der Waals surface area contributed by atoms with Crippen LogP contribution in [-0.4, -0.2) is 41.6 Å². The van der Waals surface area contributed by atoms with E-state index in [0.717, 1.165) is 6.42 Å². The fourth-order valence-electron chi connectivity index (χ4n) is 2.26. The van der Waals surface area contributed by atoms with Crippen molar-refractivity contribution in [3.63, 3.8) is 0 Å². The molecular weight excluding hydrogens is 256 g/mol. The van der Waals surface area contributed by atoms with Crippen molar-refractivity contribution in [2.45, 2.75) is 40.5 Å². The molecule has 2 N–H and O–H groups in total. The molecule has 114 valence electrons. The molecule has 20 heavy (non-hydrogen) atoms. The number of nitrogens with one attached hydrogen (secondary N) is 1. The number of hydrogen-bond acceptors (Lipinski definition) is 2. The normalized spacial score (nSPS) is 17.4. The molecule has 5 nitrogen and oxygen atoms in total. The van der Waals surface area contributed by atoms with Crippen molar-refractivity contribution in [2.24, 2.45) is 11.3 Å². The Labute approximate surface area is 121 Å². The molecule has 0 saturated carbocycles. The lowest BCUT2D eigenvalue weighted by Crippen LogP contribution is -2.45. The van der Waals surface area contributed by atoms with Gasteiger partial charge in [-0.25, -0.2) is 4.79 Å². The number of carbonyl (C=O) groups is 2. The quantitative estimate of drug-likeness (QED) is 0.778. The van der Waals surface area contributed by atoms with Crippen LogP contribution in [0.5, 0.6) is 0 Å². The highest BCUT2D eigenvalue weighted by molar-refractivity contribution is 5.76. The summed E-state index contributed by atoms with van der Waals surface area (Å²) in [5, 5.41) is 12.0. The smallest absolute Gasteiger partial charge is 0.317 e. The lowest BCUT2D eigenvalue weighted by molar-refractivity contribution is -0.142. The standard InChI is InChI=1S/C15H26N2O3/c1-11-5-7-17(8-6-11)14(20)16-10-12(13(18)19)9-15(2,3)4/h5,12H,6-10H2,1-4H3,(H,16,20)(H,18,19). The molecular formula is C15H26N2O3. The predicted octanol–water partition coefficient (Wildman–Crippen LogP) is 2.49. The van der Waals surface area contributed by atoms with Crippen LogP contribution in [0.25, 0.3) is 0 Å². The molecule has 1 aliphatic heterocycles. The van der Waals surface area contributed by atoms with E-state index in [1.165, 1.54) is 5.57 Å². The Balaban J connectivity index is 2.47. The summed E-state index contributed by atoms with van der Waals surface area (Å²) in [7, 11) is 0. The summed E-state index contributed by atoms with van der Waals surface area (Å²) in [6, 6.07) is -0.172. The first-order valence-corrected chi connectivity index (χ1v) is 7.10. The Morgan fingerprint density at radius 2 is 2.10 bits per heavy atom. The van der Waals surface area contributed by atoms with Gasteiger partial charge in [-0.2, -0.15) is 0 Å². The zero-order chi connectivity index (χ0) is 15.3. The van der Waals surface area contributed by atoms with Gasteiger partial charge in [-0.15, -0.1) is 0 Å². The fourth-order valence-corrected chi connectivity index (χ4v) is 2.26. The molecule has 0 aromatic carbocycles. The summed E-state index contributed by atoms with van der Waals surface area (Å²) in [6.07, 6.45) is 3.46. The third-order valence-electron chi connectivity index (χ3n) is 3.43. The minimum atomic E-state index is -0.852. The molecule has 1 heterocycles. The lowest BCUT2D eigenvalue weighted by Gasteiger charge is -2.27. The summed E-state index contributed by atoms with van der Waals surface area (Å²) in [6.45, 7) is 9.55. The minimum absolute atomic E-state index is 0.0707. The van der Waals surface area contributed by atoms with Crippen molar-refractivity contribution in [3.05, 3.63) is 11.6 Å². The molecule has 1 unspecified atom stereocenters. The number of amides is 2. The van der Waals surface area contributed by atoms with Crippen molar-refractivity contribution in [1.29, 1.82) is 0 Å². The highest BCUT2D eigenvalue weighted by Crippen LogP contribution is 2.24. The van der Waals surface area contributed by atoms with E-state index in [1.807, 2.05) is 26.8 Å². The van der Waals surface area contributed by atoms with E-state index in [1.54, 1.807) is 4.90 Å². The number of rotatable bonds is 4. The fraction of sp³-hybridized carbons (Fsp3) is 0.733. The second-order valence-corrected chi connectivity index (χ2v) is 6.73. The minimum Gasteiger partial charge on any atom is -0.481 e. The third kappa shape index (κ3) is 5.63. The van der Waals surface area contributed by atoms with Gasteiger partial charge in [0.05, 0.1) is 5.92 Å². The molecule has 0 aromatic heterocycles. The van der Waals surface area contributed by atoms with Crippen LogP contribution in [0.3, 0.4) is 0 Å². The number of nitrogens with zero attached hydrogens (tertiary/aromatic N) is 1. The van der Waals surface area contributed by atoms with Crippen LogP contribution in [0, 0.1) is 11.3 Å². The summed E-state index contributed by atoms with van der Waals surface area (Å²) in [5.41, 5.74) is 1.23. The molecule has 1 atom stereocenters. The summed E-state index contributed by atoms with van der Waals surface area (Å²) in [5.74, 6) is -1.39. The molecule has 0 fully saturated rings. The zero-order valence-electron chi connectivity index (χ0n) is 12.9. The predicted molar refractivity (Wildman–Crippen MR) is 78.5 cm³/mol. The number of hydrogen-bond donors (Lipinski definition) is 2. The van der Waals surface area contributed by atoms with E-state index < -0.39 is 11.9 Å². The van der Waals surface area contributed by atoms with Crippen LogP contribution < -0.4 is 5.32 Å². The average Bonchev–Trinajstić information content (AvgIpc) is 2.33. The summed E-state index contributed by atoms with van der Waals surface area (Å²) >= 11 is 0. The van der Waals surface area contributed by atoms with Gasteiger partial charge in [0.15, 0.2) is 0 Å². The maximum Gasteiger partial charge on any atom is 0.317 e. The summed E-state index contributed by atoms with van der Waals surface area (Å²) < 4.78 is 0. The molecule has 0 saturated heterocycles. The molecule has 2 amide bonds. The molecule has 1 aliphatic rings. The van der Waals surface area contributed by atoms with Crippen LogP contribution in [0.15, 0.2) is 11.6 Å². The molecule has 5 heteroatoms. The maximum absolute atomic E-state index is 12.0. The van der Waals surface area contributed by atoms with Crippen molar-refractivity contribution >= 4 is 12.0 Å². The van der Waals surface area contributed by atoms with E-state index in [0.29, 0.717) is 19.5 Å². The topological polar surface area (TPSA) is 69.6 Å². The van der Waals surface area contributed by atoms with Gasteiger partial charge in [0.1, 0.15) is 0 Å². The van der Waals surface area contributed by atoms with Crippen molar-refractivity contribution in [2.75, 3.05) is 19.6 Å². The lowest BCUT2D eigenvalue weighted by atomic mass is 9.84. The second-order valence-electron chi connectivity index (χ2n) is 6.73. The zero-order valence-corrected chi connectivity index (χ0v) is 12.9. The Hall–Kier alpha value is -1.52. The first-order valence-electron chi connectivity index (χ1n) is 7.10. The van der Waals surface area contributed by atoms with E-state index in [9.17, 15) is 14.7 Å². The third-order valence-corrected chi connectivity index (χ3v) is 3.43. The van der Waals surface area contributed by atoms with Gasteiger partial charge in [-0.3, -0.25) is 4.79 Å². The average molecular weight is 282 g/mol. The van der Waals surface area contributed by atoms with Crippen LogP contribution >= 0.6 is 0 Å². The van der Waals surface area contributed by atoms with Crippen molar-refractivity contribution in [3.8, 4) is 0 Å². The van der Waals surface area contributed by atoms with E-state index in [2.05, 4.69) is 12.2 Å². The van der Waals surface area contributed by atoms with Crippen LogP contribution in [0.4, 0.5) is 4.79 Å². The maximum atomic E-state index is 12.0. The molecule has 0 radical (unpaired) electrons. The molecule has 0 aliphatic carbocycles. The largest absolute Gasteiger partial charge is 0.481 e. The first-order chi connectivity index (χ1) is 9.19. The monoisotopic (exact) mass is 282 g/mol. The molecule has 0 spiro atoms. The number of carbonyl (C=O) groups excluding carboxylic acids is 1. The number of carboxylic acid groups (broad SMARTS) is 1. The van der Waals surface area contributed by atoms with Crippen molar-refractivity contribution < 1.29 is 14.7 Å². The van der Waals surface area contributed by atoms with Gasteiger partial charge in [-0.1, -0.05) is 32.4 Å². The summed E-state index contributed by atoms with van der Waals surface area (Å²) in [4.78, 5) is 24.9. The van der Waals surface area contributed by atoms with Gasteiger partial charge >= 0.3 is 12.0 Å². The molecule has 1 rings (SSSR count). The molecule has 0 aromatic rings. The van der Waals surface area contributed by atoms with Crippen LogP contribution in [0.1, 0.15) is 40.5 Å². The highest BCUT2D eigenvalue weighted by Gasteiger charge is 2.26.